The van der Waals surface area contributed by atoms with Crippen LogP contribution in [0.15, 0.2) is 18.2 Å². The van der Waals surface area contributed by atoms with Crippen LogP contribution in [0.4, 0.5) is 0 Å². The van der Waals surface area contributed by atoms with Gasteiger partial charge in [-0.25, -0.2) is 4.98 Å². The second-order valence-electron chi connectivity index (χ2n) is 6.95. The van der Waals surface area contributed by atoms with Gasteiger partial charge in [-0.1, -0.05) is 6.07 Å². The van der Waals surface area contributed by atoms with E-state index < -0.39 is 0 Å². The number of aryl methyl sites for hydroxylation is 1. The molecule has 23 heavy (non-hydrogen) atoms. The Morgan fingerprint density at radius 1 is 1.26 bits per heavy atom. The Bertz CT molecular complexity index is 630. The molecule has 2 amide bonds. The minimum absolute atomic E-state index is 0.00460. The molecule has 0 N–H and O–H groups in total. The maximum absolute atomic E-state index is 13.0. The van der Waals surface area contributed by atoms with Crippen LogP contribution < -0.4 is 0 Å². The van der Waals surface area contributed by atoms with Crippen molar-refractivity contribution in [2.75, 3.05) is 13.1 Å². The zero-order chi connectivity index (χ0) is 16.6. The van der Waals surface area contributed by atoms with Gasteiger partial charge in [0.1, 0.15) is 5.69 Å². The lowest BCUT2D eigenvalue weighted by Gasteiger charge is -2.56. The Hall–Kier alpha value is -1.91. The quantitative estimate of drug-likeness (QED) is 0.799. The smallest absolute Gasteiger partial charge is 0.272 e. The van der Waals surface area contributed by atoms with Crippen LogP contribution in [0, 0.1) is 6.92 Å². The summed E-state index contributed by atoms with van der Waals surface area (Å²) in [5.74, 6) is 0.107. The number of aromatic nitrogens is 1. The third-order valence-corrected chi connectivity index (χ3v) is 5.40. The van der Waals surface area contributed by atoms with E-state index in [1.54, 1.807) is 13.0 Å². The first-order chi connectivity index (χ1) is 10.9. The first-order valence-electron chi connectivity index (χ1n) is 8.46. The van der Waals surface area contributed by atoms with Gasteiger partial charge < -0.3 is 9.80 Å². The number of hydrogen-bond donors (Lipinski definition) is 0. The molecule has 3 rings (SSSR count). The highest BCUT2D eigenvalue weighted by Crippen LogP contribution is 2.39. The van der Waals surface area contributed by atoms with Gasteiger partial charge in [0.15, 0.2) is 0 Å². The van der Waals surface area contributed by atoms with E-state index >= 15 is 0 Å². The van der Waals surface area contributed by atoms with Gasteiger partial charge in [-0.2, -0.15) is 0 Å². The summed E-state index contributed by atoms with van der Waals surface area (Å²) in [6, 6.07) is 5.65. The fraction of sp³-hybridized carbons (Fsp3) is 0.611. The fourth-order valence-electron chi connectivity index (χ4n) is 4.31. The summed E-state index contributed by atoms with van der Waals surface area (Å²) in [6.07, 6.45) is 3.79. The summed E-state index contributed by atoms with van der Waals surface area (Å²) in [5.41, 5.74) is 1.11. The number of carbonyl (C=O) groups is 2. The van der Waals surface area contributed by atoms with E-state index in [1.165, 1.54) is 0 Å². The van der Waals surface area contributed by atoms with Crippen molar-refractivity contribution >= 4 is 11.8 Å². The largest absolute Gasteiger partial charge is 0.335 e. The number of hydrogen-bond acceptors (Lipinski definition) is 3. The van der Waals surface area contributed by atoms with Gasteiger partial charge in [0.25, 0.3) is 5.91 Å². The lowest BCUT2D eigenvalue weighted by atomic mass is 9.76. The van der Waals surface area contributed by atoms with Crippen LogP contribution in [0.25, 0.3) is 0 Å². The summed E-state index contributed by atoms with van der Waals surface area (Å²) in [6.45, 7) is 7.22. The molecule has 0 saturated carbocycles. The molecule has 2 fully saturated rings. The fourth-order valence-corrected chi connectivity index (χ4v) is 4.31. The molecule has 5 heteroatoms. The monoisotopic (exact) mass is 315 g/mol. The van der Waals surface area contributed by atoms with Gasteiger partial charge in [-0.15, -0.1) is 0 Å². The van der Waals surface area contributed by atoms with Crippen molar-refractivity contribution in [2.24, 2.45) is 0 Å². The molecule has 1 aromatic rings. The number of fused-ring (bicyclic) bond motifs is 1. The van der Waals surface area contributed by atoms with Crippen LogP contribution in [0.5, 0.6) is 0 Å². The summed E-state index contributed by atoms with van der Waals surface area (Å²) >= 11 is 0. The summed E-state index contributed by atoms with van der Waals surface area (Å²) in [4.78, 5) is 33.4. The SMILES string of the molecule is CC(=O)N1CCC[C@H]2N(C(=O)c3cccc(C)n3)CCC[C@@]21C. The van der Waals surface area contributed by atoms with Crippen LogP contribution in [0.2, 0.25) is 0 Å². The molecular weight excluding hydrogens is 290 g/mol. The lowest BCUT2D eigenvalue weighted by Crippen LogP contribution is -2.68. The van der Waals surface area contributed by atoms with Gasteiger partial charge in [0.05, 0.1) is 11.6 Å². The first kappa shape index (κ1) is 16.0. The molecule has 2 saturated heterocycles. The Morgan fingerprint density at radius 3 is 2.74 bits per heavy atom. The van der Waals surface area contributed by atoms with E-state index in [1.807, 2.05) is 28.9 Å². The number of nitrogens with zero attached hydrogens (tertiary/aromatic N) is 3. The summed E-state index contributed by atoms with van der Waals surface area (Å²) in [5, 5.41) is 0. The third-order valence-electron chi connectivity index (χ3n) is 5.40. The van der Waals surface area contributed by atoms with Gasteiger partial charge in [-0.05, 0) is 51.7 Å². The Kier molecular flexibility index (Phi) is 4.13. The second-order valence-corrected chi connectivity index (χ2v) is 6.95. The molecule has 0 aromatic carbocycles. The van der Waals surface area contributed by atoms with Gasteiger partial charge >= 0.3 is 0 Å². The Balaban J connectivity index is 1.91. The van der Waals surface area contributed by atoms with E-state index in [2.05, 4.69) is 11.9 Å². The standard InChI is InChI=1S/C18H25N3O2/c1-13-7-4-8-15(19-13)17(23)20-11-6-10-18(3)16(20)9-5-12-21(18)14(2)22/h4,7-8,16H,5-6,9-12H2,1-3H3/t16-,18+/m1/s1. The highest BCUT2D eigenvalue weighted by Gasteiger charge is 2.49. The molecular formula is C18H25N3O2. The predicted octanol–water partition coefficient (Wildman–Crippen LogP) is 2.40. The zero-order valence-corrected chi connectivity index (χ0v) is 14.2. The van der Waals surface area contributed by atoms with Gasteiger partial charge in [-0.3, -0.25) is 9.59 Å². The van der Waals surface area contributed by atoms with Crippen LogP contribution in [-0.4, -0.2) is 51.3 Å². The molecule has 0 spiro atoms. The van der Waals surface area contributed by atoms with Gasteiger partial charge in [0.2, 0.25) is 5.91 Å². The minimum atomic E-state index is -0.248. The average Bonchev–Trinajstić information content (AvgIpc) is 2.52. The molecule has 1 aromatic heterocycles. The van der Waals surface area contributed by atoms with E-state index in [0.29, 0.717) is 5.69 Å². The number of amides is 2. The molecule has 3 heterocycles. The highest BCUT2D eigenvalue weighted by molar-refractivity contribution is 5.93. The van der Waals surface area contributed by atoms with E-state index in [0.717, 1.165) is 44.5 Å². The normalized spacial score (nSPS) is 27.5. The van der Waals surface area contributed by atoms with Crippen molar-refractivity contribution in [3.8, 4) is 0 Å². The number of piperidine rings is 2. The van der Waals surface area contributed by atoms with Crippen LogP contribution in [0.1, 0.15) is 55.7 Å². The van der Waals surface area contributed by atoms with Crippen molar-refractivity contribution in [1.82, 2.24) is 14.8 Å². The molecule has 0 bridgehead atoms. The number of pyridine rings is 1. The molecule has 2 aliphatic heterocycles. The van der Waals surface area contributed by atoms with Crippen molar-refractivity contribution in [3.05, 3.63) is 29.6 Å². The molecule has 0 radical (unpaired) electrons. The lowest BCUT2D eigenvalue weighted by molar-refractivity contribution is -0.143. The van der Waals surface area contributed by atoms with Crippen molar-refractivity contribution in [2.45, 2.75) is 58.0 Å². The van der Waals surface area contributed by atoms with Crippen molar-refractivity contribution < 1.29 is 9.59 Å². The second kappa shape index (κ2) is 5.95. The predicted molar refractivity (Wildman–Crippen MR) is 88.1 cm³/mol. The van der Waals surface area contributed by atoms with Crippen LogP contribution in [-0.2, 0) is 4.79 Å². The number of likely N-dealkylation sites (tertiary alicyclic amines) is 2. The van der Waals surface area contributed by atoms with E-state index in [4.69, 9.17) is 0 Å². The van der Waals surface area contributed by atoms with E-state index in [-0.39, 0.29) is 23.4 Å². The van der Waals surface area contributed by atoms with E-state index in [9.17, 15) is 9.59 Å². The van der Waals surface area contributed by atoms with Crippen molar-refractivity contribution in [1.29, 1.82) is 0 Å². The van der Waals surface area contributed by atoms with Crippen LogP contribution in [0.3, 0.4) is 0 Å². The maximum atomic E-state index is 13.0. The minimum Gasteiger partial charge on any atom is -0.335 e. The first-order valence-corrected chi connectivity index (χ1v) is 8.46. The molecule has 0 unspecified atom stereocenters. The summed E-state index contributed by atoms with van der Waals surface area (Å²) in [7, 11) is 0. The van der Waals surface area contributed by atoms with Crippen molar-refractivity contribution in [3.63, 3.8) is 0 Å². The summed E-state index contributed by atoms with van der Waals surface area (Å²) < 4.78 is 0. The molecule has 5 nitrogen and oxygen atoms in total. The average molecular weight is 315 g/mol. The van der Waals surface area contributed by atoms with Gasteiger partial charge in [0, 0.05) is 25.7 Å². The molecule has 2 atom stereocenters. The Morgan fingerprint density at radius 2 is 2.04 bits per heavy atom. The highest BCUT2D eigenvalue weighted by atomic mass is 16.2. The molecule has 124 valence electrons. The third kappa shape index (κ3) is 2.73. The molecule has 2 aliphatic rings. The number of rotatable bonds is 1. The maximum Gasteiger partial charge on any atom is 0.272 e. The topological polar surface area (TPSA) is 53.5 Å². The zero-order valence-electron chi connectivity index (χ0n) is 14.2. The molecule has 0 aliphatic carbocycles. The Labute approximate surface area is 137 Å². The number of carbonyl (C=O) groups excluding carboxylic acids is 2. The van der Waals surface area contributed by atoms with Crippen LogP contribution >= 0.6 is 0 Å².